The molecule has 3 aromatic rings. The summed E-state index contributed by atoms with van der Waals surface area (Å²) < 4.78 is 15.1. The number of amides is 1. The summed E-state index contributed by atoms with van der Waals surface area (Å²) in [5.41, 5.74) is 1.90. The predicted molar refractivity (Wildman–Crippen MR) is 130 cm³/mol. The number of carbonyl (C=O) groups is 1. The summed E-state index contributed by atoms with van der Waals surface area (Å²) in [6.45, 7) is 4.66. The van der Waals surface area contributed by atoms with Crippen LogP contribution in [0, 0.1) is 0 Å². The molecule has 1 aromatic carbocycles. The first-order chi connectivity index (χ1) is 15.6. The SMILES string of the molecule is COc1ccc(-c2csc(N(CCCN3CCOCC3)C(=O)c3nsc(Cl)c3Cl)n2)cc1. The zero-order valence-corrected chi connectivity index (χ0v) is 20.6. The van der Waals surface area contributed by atoms with Crippen molar-refractivity contribution in [3.63, 3.8) is 0 Å². The zero-order chi connectivity index (χ0) is 22.5. The molecule has 1 fully saturated rings. The Kier molecular flexibility index (Phi) is 7.98. The van der Waals surface area contributed by atoms with E-state index in [1.807, 2.05) is 29.6 Å². The van der Waals surface area contributed by atoms with E-state index in [9.17, 15) is 4.79 Å². The lowest BCUT2D eigenvalue weighted by atomic mass is 10.2. The average Bonchev–Trinajstić information content (AvgIpc) is 3.44. The molecule has 1 aliphatic rings. The normalized spacial score (nSPS) is 14.5. The van der Waals surface area contributed by atoms with Crippen LogP contribution in [-0.2, 0) is 4.74 Å². The first kappa shape index (κ1) is 23.4. The Morgan fingerprint density at radius 1 is 1.25 bits per heavy atom. The summed E-state index contributed by atoms with van der Waals surface area (Å²) in [6.07, 6.45) is 0.790. The highest BCUT2D eigenvalue weighted by atomic mass is 35.5. The Balaban J connectivity index is 1.54. The zero-order valence-electron chi connectivity index (χ0n) is 17.4. The van der Waals surface area contributed by atoms with Crippen molar-refractivity contribution in [3.05, 3.63) is 44.7 Å². The van der Waals surface area contributed by atoms with E-state index in [-0.39, 0.29) is 16.6 Å². The maximum atomic E-state index is 13.3. The summed E-state index contributed by atoms with van der Waals surface area (Å²) in [7, 11) is 1.63. The van der Waals surface area contributed by atoms with Gasteiger partial charge in [-0.3, -0.25) is 14.6 Å². The fourth-order valence-corrected chi connectivity index (χ4v) is 5.21. The van der Waals surface area contributed by atoms with Crippen molar-refractivity contribution in [2.75, 3.05) is 51.4 Å². The summed E-state index contributed by atoms with van der Waals surface area (Å²) in [5.74, 6) is 0.481. The molecule has 4 rings (SSSR count). The number of aromatic nitrogens is 2. The van der Waals surface area contributed by atoms with Gasteiger partial charge in [0, 0.05) is 37.1 Å². The molecule has 11 heteroatoms. The van der Waals surface area contributed by atoms with Crippen LogP contribution in [0.4, 0.5) is 5.13 Å². The lowest BCUT2D eigenvalue weighted by Crippen LogP contribution is -2.39. The van der Waals surface area contributed by atoms with Crippen molar-refractivity contribution in [3.8, 4) is 17.0 Å². The highest BCUT2D eigenvalue weighted by Crippen LogP contribution is 2.33. The second-order valence-corrected chi connectivity index (χ2v) is 9.72. The van der Waals surface area contributed by atoms with Crippen LogP contribution in [-0.4, -0.2) is 66.7 Å². The number of anilines is 1. The number of morpholine rings is 1. The van der Waals surface area contributed by atoms with Crippen LogP contribution in [0.5, 0.6) is 5.75 Å². The van der Waals surface area contributed by atoms with Crippen molar-refractivity contribution in [1.29, 1.82) is 0 Å². The van der Waals surface area contributed by atoms with Crippen LogP contribution in [0.15, 0.2) is 29.6 Å². The average molecular weight is 513 g/mol. The first-order valence-corrected chi connectivity index (χ1v) is 12.5. The van der Waals surface area contributed by atoms with Crippen LogP contribution >= 0.6 is 46.1 Å². The van der Waals surface area contributed by atoms with Gasteiger partial charge in [0.05, 0.1) is 26.0 Å². The van der Waals surface area contributed by atoms with Crippen molar-refractivity contribution in [2.24, 2.45) is 0 Å². The molecule has 0 radical (unpaired) electrons. The van der Waals surface area contributed by atoms with Gasteiger partial charge in [-0.05, 0) is 42.2 Å². The molecule has 1 aliphatic heterocycles. The molecule has 0 saturated carbocycles. The summed E-state index contributed by atoms with van der Waals surface area (Å²) in [6, 6.07) is 7.66. The van der Waals surface area contributed by atoms with Crippen molar-refractivity contribution < 1.29 is 14.3 Å². The standard InChI is InChI=1S/C21H22Cl2N4O3S2/c1-29-15-5-3-14(4-6-15)16-13-31-21(24-16)27(8-2-7-26-9-11-30-12-10-26)20(28)18-17(22)19(23)32-25-18/h3-6,13H,2,7-12H2,1H3. The van der Waals surface area contributed by atoms with E-state index in [0.717, 1.165) is 67.8 Å². The lowest BCUT2D eigenvalue weighted by Gasteiger charge is -2.27. The Bertz CT molecular complexity index is 1050. The third-order valence-electron chi connectivity index (χ3n) is 5.11. The molecule has 0 N–H and O–H groups in total. The van der Waals surface area contributed by atoms with Crippen LogP contribution in [0.1, 0.15) is 16.9 Å². The van der Waals surface area contributed by atoms with E-state index in [4.69, 9.17) is 37.7 Å². The minimum Gasteiger partial charge on any atom is -0.497 e. The number of hydrogen-bond donors (Lipinski definition) is 0. The monoisotopic (exact) mass is 512 g/mol. The van der Waals surface area contributed by atoms with Gasteiger partial charge in [0.2, 0.25) is 0 Å². The number of nitrogens with zero attached hydrogens (tertiary/aromatic N) is 4. The smallest absolute Gasteiger partial charge is 0.281 e. The van der Waals surface area contributed by atoms with E-state index < -0.39 is 0 Å². The number of hydrogen-bond acceptors (Lipinski definition) is 8. The molecular formula is C21H22Cl2N4O3S2. The topological polar surface area (TPSA) is 67.8 Å². The Morgan fingerprint density at radius 3 is 2.66 bits per heavy atom. The van der Waals surface area contributed by atoms with Crippen LogP contribution < -0.4 is 9.64 Å². The van der Waals surface area contributed by atoms with E-state index in [1.54, 1.807) is 12.0 Å². The number of rotatable bonds is 8. The van der Waals surface area contributed by atoms with E-state index >= 15 is 0 Å². The Hall–Kier alpha value is -1.75. The minimum absolute atomic E-state index is 0.161. The fourth-order valence-electron chi connectivity index (χ4n) is 3.36. The molecule has 3 heterocycles. The largest absolute Gasteiger partial charge is 0.497 e. The highest BCUT2D eigenvalue weighted by molar-refractivity contribution is 7.14. The molecule has 7 nitrogen and oxygen atoms in total. The van der Waals surface area contributed by atoms with Crippen molar-refractivity contribution >= 4 is 57.1 Å². The molecule has 32 heavy (non-hydrogen) atoms. The summed E-state index contributed by atoms with van der Waals surface area (Å²) in [5, 5.41) is 2.73. The first-order valence-electron chi connectivity index (χ1n) is 10.1. The van der Waals surface area contributed by atoms with Gasteiger partial charge < -0.3 is 9.47 Å². The third-order valence-corrected chi connectivity index (χ3v) is 7.59. The second-order valence-electron chi connectivity index (χ2n) is 7.13. The molecule has 0 unspecified atom stereocenters. The number of carbonyl (C=O) groups excluding carboxylic acids is 1. The number of thiazole rings is 1. The molecule has 0 aliphatic carbocycles. The predicted octanol–water partition coefficient (Wildman–Crippen LogP) is 4.95. The number of halogens is 2. The molecule has 0 bridgehead atoms. The van der Waals surface area contributed by atoms with Gasteiger partial charge in [0.1, 0.15) is 15.1 Å². The van der Waals surface area contributed by atoms with Gasteiger partial charge >= 0.3 is 0 Å². The van der Waals surface area contributed by atoms with Gasteiger partial charge in [0.15, 0.2) is 10.8 Å². The van der Waals surface area contributed by atoms with Crippen LogP contribution in [0.2, 0.25) is 9.36 Å². The van der Waals surface area contributed by atoms with Gasteiger partial charge in [-0.1, -0.05) is 23.2 Å². The maximum Gasteiger partial charge on any atom is 0.281 e. The van der Waals surface area contributed by atoms with E-state index in [1.165, 1.54) is 11.3 Å². The van der Waals surface area contributed by atoms with Gasteiger partial charge in [0.25, 0.3) is 5.91 Å². The molecular weight excluding hydrogens is 491 g/mol. The highest BCUT2D eigenvalue weighted by Gasteiger charge is 2.27. The quantitative estimate of drug-likeness (QED) is 0.425. The van der Waals surface area contributed by atoms with E-state index in [2.05, 4.69) is 9.27 Å². The second kappa shape index (κ2) is 10.9. The molecule has 0 spiro atoms. The minimum atomic E-state index is -0.296. The van der Waals surface area contributed by atoms with Crippen molar-refractivity contribution in [1.82, 2.24) is 14.3 Å². The van der Waals surface area contributed by atoms with Gasteiger partial charge in [-0.15, -0.1) is 11.3 Å². The lowest BCUT2D eigenvalue weighted by molar-refractivity contribution is 0.0376. The number of ether oxygens (including phenoxy) is 2. The summed E-state index contributed by atoms with van der Waals surface area (Å²) in [4.78, 5) is 22.1. The van der Waals surface area contributed by atoms with E-state index in [0.29, 0.717) is 16.0 Å². The fraction of sp³-hybridized carbons (Fsp3) is 0.381. The van der Waals surface area contributed by atoms with Crippen LogP contribution in [0.3, 0.4) is 0 Å². The maximum absolute atomic E-state index is 13.3. The van der Waals surface area contributed by atoms with Gasteiger partial charge in [-0.2, -0.15) is 4.37 Å². The molecule has 170 valence electrons. The summed E-state index contributed by atoms with van der Waals surface area (Å²) >= 11 is 14.7. The molecule has 1 saturated heterocycles. The Labute approximate surface area is 204 Å². The van der Waals surface area contributed by atoms with Crippen molar-refractivity contribution in [2.45, 2.75) is 6.42 Å². The number of methoxy groups -OCH3 is 1. The van der Waals surface area contributed by atoms with Crippen LogP contribution in [0.25, 0.3) is 11.3 Å². The molecule has 0 atom stereocenters. The molecule has 2 aromatic heterocycles. The number of benzene rings is 1. The molecule has 1 amide bonds. The Morgan fingerprint density at radius 2 is 2.00 bits per heavy atom. The van der Waals surface area contributed by atoms with Gasteiger partial charge in [-0.25, -0.2) is 4.98 Å². The third kappa shape index (κ3) is 5.41.